The molecular weight excluding hydrogens is 226 g/mol. The Hall–Kier alpha value is -2.13. The monoisotopic (exact) mass is 233 g/mol. The molecule has 0 aliphatic heterocycles. The number of thiophene rings is 1. The van der Waals surface area contributed by atoms with E-state index in [4.69, 9.17) is 5.26 Å². The van der Waals surface area contributed by atoms with Crippen LogP contribution in [0, 0.1) is 18.3 Å². The molecule has 2 N–H and O–H groups in total. The summed E-state index contributed by atoms with van der Waals surface area (Å²) in [6, 6.07) is 5.12. The highest BCUT2D eigenvalue weighted by Crippen LogP contribution is 2.18. The number of nitriles is 1. The van der Waals surface area contributed by atoms with Crippen LogP contribution in [-0.2, 0) is 0 Å². The summed E-state index contributed by atoms with van der Waals surface area (Å²) in [5.41, 5.74) is 0.344. The maximum Gasteiger partial charge on any atom is 0.323 e. The molecule has 2 rings (SSSR count). The molecule has 0 radical (unpaired) electrons. The third-order valence-corrected chi connectivity index (χ3v) is 3.07. The SMILES string of the molecule is Cc1[nH]c(=O)[nH]c1C(=O)c1ccc(C#N)s1. The molecule has 6 heteroatoms. The zero-order valence-electron chi connectivity index (χ0n) is 8.33. The fraction of sp³-hybridized carbons (Fsp3) is 0.100. The molecule has 2 aromatic heterocycles. The van der Waals surface area contributed by atoms with E-state index < -0.39 is 5.69 Å². The summed E-state index contributed by atoms with van der Waals surface area (Å²) in [5.74, 6) is -0.276. The van der Waals surface area contributed by atoms with Crippen LogP contribution in [0.15, 0.2) is 16.9 Å². The Bertz CT molecular complexity index is 642. The molecule has 0 bridgehead atoms. The predicted molar refractivity (Wildman–Crippen MR) is 58.6 cm³/mol. The third kappa shape index (κ3) is 1.68. The molecule has 2 heterocycles. The molecule has 0 fully saturated rings. The predicted octanol–water partition coefficient (Wildman–Crippen LogP) is 1.18. The number of H-pyrrole nitrogens is 2. The fourth-order valence-electron chi connectivity index (χ4n) is 1.34. The Morgan fingerprint density at radius 3 is 2.69 bits per heavy atom. The van der Waals surface area contributed by atoms with Gasteiger partial charge in [0.25, 0.3) is 0 Å². The topological polar surface area (TPSA) is 89.5 Å². The van der Waals surface area contributed by atoms with Gasteiger partial charge in [-0.05, 0) is 19.1 Å². The molecule has 0 atom stereocenters. The maximum atomic E-state index is 11.9. The highest BCUT2D eigenvalue weighted by Gasteiger charge is 2.16. The minimum Gasteiger partial charge on any atom is -0.310 e. The van der Waals surface area contributed by atoms with E-state index in [0.717, 1.165) is 11.3 Å². The van der Waals surface area contributed by atoms with Crippen LogP contribution in [0.4, 0.5) is 0 Å². The van der Waals surface area contributed by atoms with Gasteiger partial charge in [0.2, 0.25) is 5.78 Å². The van der Waals surface area contributed by atoms with E-state index in [0.29, 0.717) is 15.4 Å². The van der Waals surface area contributed by atoms with Crippen molar-refractivity contribution in [3.8, 4) is 6.07 Å². The summed E-state index contributed by atoms with van der Waals surface area (Å²) in [6.07, 6.45) is 0. The van der Waals surface area contributed by atoms with Gasteiger partial charge in [0, 0.05) is 5.69 Å². The Morgan fingerprint density at radius 1 is 1.44 bits per heavy atom. The molecule has 5 nitrogen and oxygen atoms in total. The highest BCUT2D eigenvalue weighted by molar-refractivity contribution is 7.14. The van der Waals surface area contributed by atoms with Crippen LogP contribution >= 0.6 is 11.3 Å². The number of nitrogens with zero attached hydrogens (tertiary/aromatic N) is 1. The molecule has 0 spiro atoms. The molecule has 0 amide bonds. The largest absolute Gasteiger partial charge is 0.323 e. The number of aromatic amines is 2. The first-order valence-corrected chi connectivity index (χ1v) is 5.27. The van der Waals surface area contributed by atoms with E-state index in [1.807, 2.05) is 6.07 Å². The van der Waals surface area contributed by atoms with Crippen molar-refractivity contribution in [1.29, 1.82) is 5.26 Å². The van der Waals surface area contributed by atoms with Crippen molar-refractivity contribution in [2.24, 2.45) is 0 Å². The summed E-state index contributed by atoms with van der Waals surface area (Å²) in [4.78, 5) is 28.7. The zero-order chi connectivity index (χ0) is 11.7. The fourth-order valence-corrected chi connectivity index (χ4v) is 2.09. The van der Waals surface area contributed by atoms with Gasteiger partial charge in [-0.25, -0.2) is 4.79 Å². The van der Waals surface area contributed by atoms with E-state index in [2.05, 4.69) is 9.97 Å². The number of carbonyl (C=O) groups is 1. The average molecular weight is 233 g/mol. The normalized spacial score (nSPS) is 10.0. The lowest BCUT2D eigenvalue weighted by Gasteiger charge is -1.94. The molecule has 2 aromatic rings. The second-order valence-corrected chi connectivity index (χ2v) is 4.27. The van der Waals surface area contributed by atoms with Gasteiger partial charge in [0.15, 0.2) is 0 Å². The van der Waals surface area contributed by atoms with E-state index in [1.54, 1.807) is 19.1 Å². The summed E-state index contributed by atoms with van der Waals surface area (Å²) in [6.45, 7) is 1.64. The van der Waals surface area contributed by atoms with Crippen molar-refractivity contribution in [2.75, 3.05) is 0 Å². The van der Waals surface area contributed by atoms with Gasteiger partial charge >= 0.3 is 5.69 Å². The van der Waals surface area contributed by atoms with Crippen LogP contribution in [0.5, 0.6) is 0 Å². The van der Waals surface area contributed by atoms with Crippen LogP contribution in [0.25, 0.3) is 0 Å². The summed E-state index contributed by atoms with van der Waals surface area (Å²) in [5, 5.41) is 8.65. The molecule has 0 aliphatic carbocycles. The summed E-state index contributed by atoms with van der Waals surface area (Å²) in [7, 11) is 0. The molecule has 0 unspecified atom stereocenters. The minimum absolute atomic E-state index is 0.247. The average Bonchev–Trinajstić information content (AvgIpc) is 2.84. The van der Waals surface area contributed by atoms with Crippen molar-refractivity contribution in [3.63, 3.8) is 0 Å². The quantitative estimate of drug-likeness (QED) is 0.763. The van der Waals surface area contributed by atoms with Crippen molar-refractivity contribution in [3.05, 3.63) is 43.8 Å². The Labute approximate surface area is 94.4 Å². The van der Waals surface area contributed by atoms with Gasteiger partial charge in [-0.2, -0.15) is 5.26 Å². The van der Waals surface area contributed by atoms with Gasteiger partial charge in [-0.15, -0.1) is 11.3 Å². The van der Waals surface area contributed by atoms with E-state index in [-0.39, 0.29) is 11.5 Å². The highest BCUT2D eigenvalue weighted by atomic mass is 32.1. The second-order valence-electron chi connectivity index (χ2n) is 3.18. The van der Waals surface area contributed by atoms with Gasteiger partial charge in [-0.1, -0.05) is 0 Å². The zero-order valence-corrected chi connectivity index (χ0v) is 9.14. The number of ketones is 1. The molecule has 16 heavy (non-hydrogen) atoms. The van der Waals surface area contributed by atoms with Crippen LogP contribution in [-0.4, -0.2) is 15.8 Å². The summed E-state index contributed by atoms with van der Waals surface area (Å²) >= 11 is 1.11. The van der Waals surface area contributed by atoms with Gasteiger partial charge in [-0.3, -0.25) is 4.79 Å². The van der Waals surface area contributed by atoms with Gasteiger partial charge in [0.1, 0.15) is 16.6 Å². The molecule has 0 saturated carbocycles. The number of hydrogen-bond donors (Lipinski definition) is 2. The number of imidazole rings is 1. The van der Waals surface area contributed by atoms with Crippen LogP contribution in [0.2, 0.25) is 0 Å². The van der Waals surface area contributed by atoms with Crippen molar-refractivity contribution < 1.29 is 4.79 Å². The lowest BCUT2D eigenvalue weighted by molar-refractivity contribution is 0.103. The first-order chi connectivity index (χ1) is 7.61. The smallest absolute Gasteiger partial charge is 0.310 e. The number of hydrogen-bond acceptors (Lipinski definition) is 4. The van der Waals surface area contributed by atoms with E-state index in [9.17, 15) is 9.59 Å². The lowest BCUT2D eigenvalue weighted by Crippen LogP contribution is -2.05. The number of carbonyl (C=O) groups excluding carboxylic acids is 1. The number of rotatable bonds is 2. The molecular formula is C10H7N3O2S. The summed E-state index contributed by atoms with van der Waals surface area (Å²) < 4.78 is 0. The molecule has 0 saturated heterocycles. The van der Waals surface area contributed by atoms with Crippen LogP contribution < -0.4 is 5.69 Å². The number of aryl methyl sites for hydroxylation is 1. The maximum absolute atomic E-state index is 11.9. The van der Waals surface area contributed by atoms with Crippen molar-refractivity contribution >= 4 is 17.1 Å². The Balaban J connectivity index is 2.43. The van der Waals surface area contributed by atoms with Crippen molar-refractivity contribution in [1.82, 2.24) is 9.97 Å². The van der Waals surface area contributed by atoms with Gasteiger partial charge in [0.05, 0.1) is 4.88 Å². The number of nitrogens with one attached hydrogen (secondary N) is 2. The van der Waals surface area contributed by atoms with Gasteiger partial charge < -0.3 is 9.97 Å². The minimum atomic E-state index is -0.405. The molecule has 0 aliphatic rings. The van der Waals surface area contributed by atoms with E-state index in [1.165, 1.54) is 0 Å². The third-order valence-electron chi connectivity index (χ3n) is 2.08. The van der Waals surface area contributed by atoms with Crippen LogP contribution in [0.1, 0.15) is 25.9 Å². The number of aromatic nitrogens is 2. The van der Waals surface area contributed by atoms with Crippen LogP contribution in [0.3, 0.4) is 0 Å². The first-order valence-electron chi connectivity index (χ1n) is 4.45. The van der Waals surface area contributed by atoms with Crippen molar-refractivity contribution in [2.45, 2.75) is 6.92 Å². The Morgan fingerprint density at radius 2 is 2.19 bits per heavy atom. The lowest BCUT2D eigenvalue weighted by atomic mass is 10.2. The molecule has 0 aromatic carbocycles. The standard InChI is InChI=1S/C10H7N3O2S/c1-5-8(13-10(15)12-5)9(14)7-3-2-6(4-11)16-7/h2-3H,1H3,(H2,12,13,15). The first kappa shape index (κ1) is 10.4. The Kier molecular flexibility index (Phi) is 2.46. The molecule has 80 valence electrons. The second kappa shape index (κ2) is 3.79. The van der Waals surface area contributed by atoms with E-state index >= 15 is 0 Å².